The van der Waals surface area contributed by atoms with E-state index < -0.39 is 10.0 Å². The van der Waals surface area contributed by atoms with Crippen LogP contribution < -0.4 is 15.8 Å². The van der Waals surface area contributed by atoms with Crippen LogP contribution in [-0.4, -0.2) is 27.5 Å². The number of guanidine groups is 1. The highest BCUT2D eigenvalue weighted by Gasteiger charge is 2.11. The molecule has 116 valence electrons. The van der Waals surface area contributed by atoms with Crippen molar-refractivity contribution >= 4 is 21.7 Å². The van der Waals surface area contributed by atoms with Crippen LogP contribution in [0, 0.1) is 0 Å². The smallest absolute Gasteiger partial charge is 0.240 e. The normalized spacial score (nSPS) is 12.1. The first-order valence-electron chi connectivity index (χ1n) is 6.75. The van der Waals surface area contributed by atoms with Gasteiger partial charge in [-0.05, 0) is 24.3 Å². The Morgan fingerprint density at radius 3 is 2.23 bits per heavy atom. The third-order valence-corrected chi connectivity index (χ3v) is 4.26. The lowest BCUT2D eigenvalue weighted by atomic mass is 10.3. The number of benzene rings is 2. The van der Waals surface area contributed by atoms with Crippen LogP contribution in [0.4, 0.5) is 5.69 Å². The number of sulfonamides is 1. The van der Waals surface area contributed by atoms with Gasteiger partial charge in [0.25, 0.3) is 0 Å². The van der Waals surface area contributed by atoms with Gasteiger partial charge in [0.2, 0.25) is 10.0 Å². The Morgan fingerprint density at radius 1 is 1.00 bits per heavy atom. The van der Waals surface area contributed by atoms with Crippen molar-refractivity contribution in [3.05, 3.63) is 60.7 Å². The predicted octanol–water partition coefficient (Wildman–Crippen LogP) is 1.39. The van der Waals surface area contributed by atoms with Gasteiger partial charge in [0.1, 0.15) is 0 Å². The molecule has 0 unspecified atom stereocenters. The standard InChI is InChI=1S/C15H18N4O2S/c16-15(19-13-7-3-1-4-8-13)17-11-12-18-22(20,21)14-9-5-2-6-10-14/h1-10,18H,11-12H2,(H3,16,17,19). The van der Waals surface area contributed by atoms with Crippen LogP contribution in [0.2, 0.25) is 0 Å². The Balaban J connectivity index is 1.82. The third-order valence-electron chi connectivity index (χ3n) is 2.79. The Labute approximate surface area is 130 Å². The summed E-state index contributed by atoms with van der Waals surface area (Å²) >= 11 is 0. The molecule has 0 heterocycles. The molecule has 0 radical (unpaired) electrons. The number of nitrogens with one attached hydrogen (secondary N) is 2. The van der Waals surface area contributed by atoms with Gasteiger partial charge in [-0.2, -0.15) is 0 Å². The molecule has 7 heteroatoms. The van der Waals surface area contributed by atoms with Crippen molar-refractivity contribution in [2.24, 2.45) is 10.7 Å². The molecule has 4 N–H and O–H groups in total. The van der Waals surface area contributed by atoms with E-state index in [2.05, 4.69) is 15.0 Å². The Morgan fingerprint density at radius 2 is 1.59 bits per heavy atom. The number of para-hydroxylation sites is 1. The zero-order valence-electron chi connectivity index (χ0n) is 11.9. The van der Waals surface area contributed by atoms with E-state index in [4.69, 9.17) is 5.73 Å². The lowest BCUT2D eigenvalue weighted by Gasteiger charge is -2.07. The van der Waals surface area contributed by atoms with Crippen LogP contribution in [0.3, 0.4) is 0 Å². The maximum absolute atomic E-state index is 12.0. The first kappa shape index (κ1) is 16.0. The van der Waals surface area contributed by atoms with E-state index in [0.717, 1.165) is 5.69 Å². The van der Waals surface area contributed by atoms with E-state index in [0.29, 0.717) is 0 Å². The summed E-state index contributed by atoms with van der Waals surface area (Å²) in [7, 11) is -3.50. The number of rotatable bonds is 6. The summed E-state index contributed by atoms with van der Waals surface area (Å²) in [5.74, 6) is 0.241. The summed E-state index contributed by atoms with van der Waals surface area (Å²) in [5.41, 5.74) is 6.56. The molecule has 0 atom stereocenters. The summed E-state index contributed by atoms with van der Waals surface area (Å²) in [6.45, 7) is 0.423. The molecule has 0 aromatic heterocycles. The average Bonchev–Trinajstić information content (AvgIpc) is 2.53. The summed E-state index contributed by atoms with van der Waals surface area (Å²) in [6, 6.07) is 17.6. The van der Waals surface area contributed by atoms with E-state index in [9.17, 15) is 8.42 Å². The molecule has 0 saturated heterocycles. The van der Waals surface area contributed by atoms with Gasteiger partial charge in [0.05, 0.1) is 11.4 Å². The second-order valence-corrected chi connectivity index (χ2v) is 6.24. The summed E-state index contributed by atoms with van der Waals surface area (Å²) < 4.78 is 26.4. The molecule has 0 bridgehead atoms. The van der Waals surface area contributed by atoms with Crippen molar-refractivity contribution in [1.29, 1.82) is 0 Å². The fraction of sp³-hybridized carbons (Fsp3) is 0.133. The molecule has 6 nitrogen and oxygen atoms in total. The number of hydrogen-bond acceptors (Lipinski definition) is 3. The molecular formula is C15H18N4O2S. The highest BCUT2D eigenvalue weighted by atomic mass is 32.2. The highest BCUT2D eigenvalue weighted by Crippen LogP contribution is 2.06. The minimum atomic E-state index is -3.50. The quantitative estimate of drug-likeness (QED) is 0.426. The van der Waals surface area contributed by atoms with Gasteiger partial charge in [0, 0.05) is 12.2 Å². The van der Waals surface area contributed by atoms with Crippen LogP contribution in [0.5, 0.6) is 0 Å². The maximum Gasteiger partial charge on any atom is 0.240 e. The second kappa shape index (κ2) is 7.58. The molecule has 0 aliphatic heterocycles. The second-order valence-electron chi connectivity index (χ2n) is 4.47. The number of aliphatic imine (C=N–C) groups is 1. The van der Waals surface area contributed by atoms with Gasteiger partial charge < -0.3 is 11.1 Å². The molecule has 0 fully saturated rings. The monoisotopic (exact) mass is 318 g/mol. The molecule has 2 rings (SSSR count). The van der Waals surface area contributed by atoms with Crippen LogP contribution in [-0.2, 0) is 10.0 Å². The molecule has 0 saturated carbocycles. The van der Waals surface area contributed by atoms with Gasteiger partial charge in [-0.25, -0.2) is 13.1 Å². The van der Waals surface area contributed by atoms with Gasteiger partial charge in [0.15, 0.2) is 5.96 Å². The molecule has 2 aromatic carbocycles. The number of anilines is 1. The molecule has 2 aromatic rings. The van der Waals surface area contributed by atoms with E-state index in [1.807, 2.05) is 30.3 Å². The van der Waals surface area contributed by atoms with Crippen molar-refractivity contribution in [1.82, 2.24) is 4.72 Å². The van der Waals surface area contributed by atoms with E-state index in [1.165, 1.54) is 12.1 Å². The van der Waals surface area contributed by atoms with Crippen LogP contribution in [0.1, 0.15) is 0 Å². The number of nitrogens with zero attached hydrogens (tertiary/aromatic N) is 1. The molecule has 0 aliphatic rings. The van der Waals surface area contributed by atoms with E-state index >= 15 is 0 Å². The number of nitrogens with two attached hydrogens (primary N) is 1. The van der Waals surface area contributed by atoms with Gasteiger partial charge in [-0.1, -0.05) is 36.4 Å². The minimum Gasteiger partial charge on any atom is -0.370 e. The van der Waals surface area contributed by atoms with E-state index in [1.54, 1.807) is 18.2 Å². The summed E-state index contributed by atoms with van der Waals surface area (Å²) in [6.07, 6.45) is 0. The Hall–Kier alpha value is -2.38. The first-order chi connectivity index (χ1) is 10.6. The van der Waals surface area contributed by atoms with Gasteiger partial charge >= 0.3 is 0 Å². The molecular weight excluding hydrogens is 300 g/mol. The van der Waals surface area contributed by atoms with Crippen LogP contribution in [0.15, 0.2) is 70.6 Å². The topological polar surface area (TPSA) is 96.6 Å². The van der Waals surface area contributed by atoms with Gasteiger partial charge in [-0.3, -0.25) is 4.99 Å². The van der Waals surface area contributed by atoms with Crippen molar-refractivity contribution in [3.63, 3.8) is 0 Å². The van der Waals surface area contributed by atoms with Crippen molar-refractivity contribution in [3.8, 4) is 0 Å². The maximum atomic E-state index is 12.0. The summed E-state index contributed by atoms with van der Waals surface area (Å²) in [5, 5.41) is 2.92. The fourth-order valence-electron chi connectivity index (χ4n) is 1.75. The van der Waals surface area contributed by atoms with Crippen molar-refractivity contribution in [2.75, 3.05) is 18.4 Å². The number of hydrogen-bond donors (Lipinski definition) is 3. The zero-order chi connectivity index (χ0) is 15.8. The average molecular weight is 318 g/mol. The minimum absolute atomic E-state index is 0.175. The highest BCUT2D eigenvalue weighted by molar-refractivity contribution is 7.89. The first-order valence-corrected chi connectivity index (χ1v) is 8.23. The third kappa shape index (κ3) is 4.87. The largest absolute Gasteiger partial charge is 0.370 e. The summed E-state index contributed by atoms with van der Waals surface area (Å²) in [4.78, 5) is 4.30. The van der Waals surface area contributed by atoms with Crippen LogP contribution >= 0.6 is 0 Å². The molecule has 0 amide bonds. The van der Waals surface area contributed by atoms with Gasteiger partial charge in [-0.15, -0.1) is 0 Å². The van der Waals surface area contributed by atoms with E-state index in [-0.39, 0.29) is 23.9 Å². The van der Waals surface area contributed by atoms with Crippen molar-refractivity contribution in [2.45, 2.75) is 4.90 Å². The molecule has 22 heavy (non-hydrogen) atoms. The lowest BCUT2D eigenvalue weighted by Crippen LogP contribution is -2.28. The Kier molecular flexibility index (Phi) is 5.51. The lowest BCUT2D eigenvalue weighted by molar-refractivity contribution is 0.582. The molecule has 0 spiro atoms. The molecule has 0 aliphatic carbocycles. The van der Waals surface area contributed by atoms with Crippen molar-refractivity contribution < 1.29 is 8.42 Å². The van der Waals surface area contributed by atoms with Crippen LogP contribution in [0.25, 0.3) is 0 Å². The Bertz CT molecular complexity index is 716. The fourth-order valence-corrected chi connectivity index (χ4v) is 2.79. The zero-order valence-corrected chi connectivity index (χ0v) is 12.8. The SMILES string of the molecule is NC(=NCCNS(=O)(=O)c1ccccc1)Nc1ccccc1. The predicted molar refractivity (Wildman–Crippen MR) is 88.2 cm³/mol.